The van der Waals surface area contributed by atoms with Gasteiger partial charge in [-0.05, 0) is 36.8 Å². The maximum absolute atomic E-state index is 12.3. The summed E-state index contributed by atoms with van der Waals surface area (Å²) in [7, 11) is 0. The van der Waals surface area contributed by atoms with Crippen LogP contribution in [0.2, 0.25) is 5.02 Å². The zero-order chi connectivity index (χ0) is 22.5. The predicted molar refractivity (Wildman–Crippen MR) is 112 cm³/mol. The Balaban J connectivity index is 1.92. The fourth-order valence-corrected chi connectivity index (χ4v) is 2.89. The van der Waals surface area contributed by atoms with E-state index >= 15 is 0 Å². The summed E-state index contributed by atoms with van der Waals surface area (Å²) in [6.45, 7) is 3.81. The van der Waals surface area contributed by atoms with Crippen LogP contribution in [0.15, 0.2) is 47.1 Å². The van der Waals surface area contributed by atoms with Crippen LogP contribution in [0.1, 0.15) is 31.4 Å². The summed E-state index contributed by atoms with van der Waals surface area (Å²) in [6, 6.07) is 8.55. The van der Waals surface area contributed by atoms with Gasteiger partial charge in [-0.1, -0.05) is 24.6 Å². The SMILES string of the molecule is CCOc1cc(/C=C2\N=C(c3ccc([N+](=O)[O-])cc3Cl)OC2=O)ccc1OC(=O)CC. The van der Waals surface area contributed by atoms with Crippen molar-refractivity contribution in [3.63, 3.8) is 0 Å². The van der Waals surface area contributed by atoms with Crippen molar-refractivity contribution < 1.29 is 28.7 Å². The Morgan fingerprint density at radius 1 is 1.23 bits per heavy atom. The van der Waals surface area contributed by atoms with Gasteiger partial charge in [0.15, 0.2) is 17.2 Å². The van der Waals surface area contributed by atoms with Crippen molar-refractivity contribution in [3.8, 4) is 11.5 Å². The summed E-state index contributed by atoms with van der Waals surface area (Å²) in [5.41, 5.74) is 0.624. The van der Waals surface area contributed by atoms with Crippen LogP contribution in [0, 0.1) is 10.1 Å². The zero-order valence-electron chi connectivity index (χ0n) is 16.6. The fraction of sp³-hybridized carbons (Fsp3) is 0.190. The molecule has 0 saturated heterocycles. The maximum atomic E-state index is 12.3. The van der Waals surface area contributed by atoms with Gasteiger partial charge < -0.3 is 14.2 Å². The number of hydrogen-bond donors (Lipinski definition) is 0. The Morgan fingerprint density at radius 3 is 2.65 bits per heavy atom. The van der Waals surface area contributed by atoms with Crippen LogP contribution in [0.25, 0.3) is 6.08 Å². The number of non-ortho nitro benzene ring substituents is 1. The van der Waals surface area contributed by atoms with Crippen LogP contribution < -0.4 is 9.47 Å². The molecule has 0 atom stereocenters. The second-order valence-corrected chi connectivity index (χ2v) is 6.63. The molecule has 0 saturated carbocycles. The molecule has 9 nitrogen and oxygen atoms in total. The number of carbonyl (C=O) groups excluding carboxylic acids is 2. The molecule has 0 radical (unpaired) electrons. The maximum Gasteiger partial charge on any atom is 0.363 e. The first kappa shape index (κ1) is 22.0. The third-order valence-electron chi connectivity index (χ3n) is 4.10. The van der Waals surface area contributed by atoms with E-state index in [4.69, 9.17) is 25.8 Å². The number of ether oxygens (including phenoxy) is 3. The van der Waals surface area contributed by atoms with Crippen molar-refractivity contribution >= 4 is 41.2 Å². The number of nitro groups is 1. The number of nitrogens with zero attached hydrogens (tertiary/aromatic N) is 2. The molecule has 0 aromatic heterocycles. The van der Waals surface area contributed by atoms with Crippen molar-refractivity contribution in [2.45, 2.75) is 20.3 Å². The van der Waals surface area contributed by atoms with Crippen LogP contribution in [0.5, 0.6) is 11.5 Å². The van der Waals surface area contributed by atoms with E-state index in [2.05, 4.69) is 4.99 Å². The molecule has 0 aliphatic carbocycles. The summed E-state index contributed by atoms with van der Waals surface area (Å²) in [6.07, 6.45) is 1.69. The van der Waals surface area contributed by atoms with E-state index in [0.717, 1.165) is 6.07 Å². The number of rotatable bonds is 7. The summed E-state index contributed by atoms with van der Waals surface area (Å²) in [5.74, 6) is -0.557. The number of aliphatic imine (C=N–C) groups is 1. The Morgan fingerprint density at radius 2 is 2.00 bits per heavy atom. The first-order valence-electron chi connectivity index (χ1n) is 9.26. The number of esters is 2. The van der Waals surface area contributed by atoms with E-state index in [1.807, 2.05) is 0 Å². The van der Waals surface area contributed by atoms with Gasteiger partial charge in [-0.15, -0.1) is 0 Å². The minimum Gasteiger partial charge on any atom is -0.490 e. The quantitative estimate of drug-likeness (QED) is 0.205. The normalized spacial score (nSPS) is 14.2. The predicted octanol–water partition coefficient (Wildman–Crippen LogP) is 4.31. The summed E-state index contributed by atoms with van der Waals surface area (Å²) in [4.78, 5) is 38.3. The molecule has 1 aliphatic heterocycles. The van der Waals surface area contributed by atoms with Crippen molar-refractivity contribution in [2.24, 2.45) is 4.99 Å². The van der Waals surface area contributed by atoms with E-state index in [0.29, 0.717) is 17.9 Å². The lowest BCUT2D eigenvalue weighted by Crippen LogP contribution is -2.07. The van der Waals surface area contributed by atoms with E-state index in [1.165, 1.54) is 18.2 Å². The van der Waals surface area contributed by atoms with Crippen LogP contribution in [0.4, 0.5) is 5.69 Å². The average Bonchev–Trinajstić information content (AvgIpc) is 3.09. The molecule has 31 heavy (non-hydrogen) atoms. The highest BCUT2D eigenvalue weighted by Crippen LogP contribution is 2.31. The minimum absolute atomic E-state index is 0.00479. The first-order valence-corrected chi connectivity index (χ1v) is 9.64. The molecular formula is C21H17ClN2O7. The highest BCUT2D eigenvalue weighted by atomic mass is 35.5. The molecular weight excluding hydrogens is 428 g/mol. The number of benzene rings is 2. The summed E-state index contributed by atoms with van der Waals surface area (Å²) >= 11 is 6.08. The highest BCUT2D eigenvalue weighted by Gasteiger charge is 2.26. The van der Waals surface area contributed by atoms with Gasteiger partial charge in [0.2, 0.25) is 5.90 Å². The van der Waals surface area contributed by atoms with Crippen molar-refractivity contribution in [1.29, 1.82) is 0 Å². The molecule has 160 valence electrons. The zero-order valence-corrected chi connectivity index (χ0v) is 17.3. The monoisotopic (exact) mass is 444 g/mol. The standard InChI is InChI=1S/C21H17ClN2O7/c1-3-19(25)30-17-8-5-12(10-18(17)29-4-2)9-16-21(26)31-20(23-16)14-7-6-13(24(27)28)11-15(14)22/h5-11H,3-4H2,1-2H3/b16-9-. The van der Waals surface area contributed by atoms with Crippen molar-refractivity contribution in [1.82, 2.24) is 0 Å². The number of nitro benzene ring substituents is 1. The van der Waals surface area contributed by atoms with E-state index in [1.54, 1.807) is 32.0 Å². The van der Waals surface area contributed by atoms with Crippen LogP contribution in [-0.4, -0.2) is 29.4 Å². The topological polar surface area (TPSA) is 117 Å². The van der Waals surface area contributed by atoms with Crippen molar-refractivity contribution in [2.75, 3.05) is 6.61 Å². The molecule has 2 aromatic carbocycles. The third kappa shape index (κ3) is 5.07. The smallest absolute Gasteiger partial charge is 0.363 e. The first-order chi connectivity index (χ1) is 14.8. The minimum atomic E-state index is -0.705. The van der Waals surface area contributed by atoms with Gasteiger partial charge in [0.25, 0.3) is 5.69 Å². The van der Waals surface area contributed by atoms with Gasteiger partial charge >= 0.3 is 11.9 Å². The number of halogens is 1. The lowest BCUT2D eigenvalue weighted by atomic mass is 10.1. The molecule has 10 heteroatoms. The second-order valence-electron chi connectivity index (χ2n) is 6.22. The van der Waals surface area contributed by atoms with E-state index in [-0.39, 0.29) is 40.0 Å². The Bertz CT molecular complexity index is 1120. The lowest BCUT2D eigenvalue weighted by molar-refractivity contribution is -0.384. The van der Waals surface area contributed by atoms with Crippen LogP contribution in [-0.2, 0) is 14.3 Å². The molecule has 0 unspecified atom stereocenters. The van der Waals surface area contributed by atoms with E-state index in [9.17, 15) is 19.7 Å². The van der Waals surface area contributed by atoms with Gasteiger partial charge in [0.05, 0.1) is 22.1 Å². The number of carbonyl (C=O) groups is 2. The second kappa shape index (κ2) is 9.40. The molecule has 0 amide bonds. The van der Waals surface area contributed by atoms with E-state index < -0.39 is 16.9 Å². The van der Waals surface area contributed by atoms with Crippen LogP contribution >= 0.6 is 11.6 Å². The molecule has 1 aliphatic rings. The van der Waals surface area contributed by atoms with Crippen LogP contribution in [0.3, 0.4) is 0 Å². The molecule has 0 spiro atoms. The fourth-order valence-electron chi connectivity index (χ4n) is 2.64. The highest BCUT2D eigenvalue weighted by molar-refractivity contribution is 6.34. The Kier molecular flexibility index (Phi) is 6.66. The lowest BCUT2D eigenvalue weighted by Gasteiger charge is -2.10. The Hall–Kier alpha value is -3.72. The van der Waals surface area contributed by atoms with Gasteiger partial charge in [0, 0.05) is 18.6 Å². The number of hydrogen-bond acceptors (Lipinski definition) is 8. The largest absolute Gasteiger partial charge is 0.490 e. The third-order valence-corrected chi connectivity index (χ3v) is 4.41. The van der Waals surface area contributed by atoms with Gasteiger partial charge in [0.1, 0.15) is 0 Å². The summed E-state index contributed by atoms with van der Waals surface area (Å²) < 4.78 is 15.9. The molecule has 1 heterocycles. The number of cyclic esters (lactones) is 1. The van der Waals surface area contributed by atoms with Crippen molar-refractivity contribution in [3.05, 3.63) is 68.4 Å². The van der Waals surface area contributed by atoms with Gasteiger partial charge in [-0.3, -0.25) is 14.9 Å². The molecule has 3 rings (SSSR count). The van der Waals surface area contributed by atoms with Gasteiger partial charge in [-0.25, -0.2) is 9.79 Å². The summed E-state index contributed by atoms with van der Waals surface area (Å²) in [5, 5.41) is 10.9. The molecule has 2 aromatic rings. The molecule has 0 bridgehead atoms. The van der Waals surface area contributed by atoms with Gasteiger partial charge in [-0.2, -0.15) is 0 Å². The molecule has 0 fully saturated rings. The molecule has 0 N–H and O–H groups in total. The Labute approximate surface area is 182 Å². The average molecular weight is 445 g/mol.